The molecule has 0 saturated heterocycles. The SMILES string of the molecule is C(#CCCCOCc1ccccc1)/C=C\CCCOCc1ccccc1. The van der Waals surface area contributed by atoms with Crippen LogP contribution in [0.3, 0.4) is 0 Å². The van der Waals surface area contributed by atoms with Crippen LogP contribution in [0.1, 0.15) is 36.8 Å². The van der Waals surface area contributed by atoms with E-state index in [1.165, 1.54) is 11.1 Å². The summed E-state index contributed by atoms with van der Waals surface area (Å²) in [6.07, 6.45) is 7.94. The average Bonchev–Trinajstić information content (AvgIpc) is 2.70. The molecule has 0 atom stereocenters. The zero-order valence-electron chi connectivity index (χ0n) is 15.4. The summed E-state index contributed by atoms with van der Waals surface area (Å²) in [5.41, 5.74) is 2.44. The summed E-state index contributed by atoms with van der Waals surface area (Å²) in [6.45, 7) is 2.91. The van der Waals surface area contributed by atoms with Crippen molar-refractivity contribution in [1.29, 1.82) is 0 Å². The topological polar surface area (TPSA) is 18.5 Å². The third-order valence-corrected chi connectivity index (χ3v) is 3.78. The van der Waals surface area contributed by atoms with Crippen LogP contribution in [-0.4, -0.2) is 13.2 Å². The number of hydrogen-bond acceptors (Lipinski definition) is 2. The smallest absolute Gasteiger partial charge is 0.0716 e. The predicted octanol–water partition coefficient (Wildman–Crippen LogP) is 5.54. The molecule has 2 rings (SSSR count). The van der Waals surface area contributed by atoms with Gasteiger partial charge in [0.25, 0.3) is 0 Å². The van der Waals surface area contributed by atoms with Crippen LogP contribution >= 0.6 is 0 Å². The first-order valence-electron chi connectivity index (χ1n) is 9.32. The number of hydrogen-bond donors (Lipinski definition) is 0. The third-order valence-electron chi connectivity index (χ3n) is 3.78. The van der Waals surface area contributed by atoms with Gasteiger partial charge in [-0.15, -0.1) is 0 Å². The molecule has 0 aliphatic rings. The second-order valence-corrected chi connectivity index (χ2v) is 6.05. The summed E-state index contributed by atoms with van der Waals surface area (Å²) >= 11 is 0. The molecule has 2 heteroatoms. The largest absolute Gasteiger partial charge is 0.377 e. The van der Waals surface area contributed by atoms with Crippen LogP contribution in [0.15, 0.2) is 72.8 Å². The second kappa shape index (κ2) is 13.9. The number of rotatable bonds is 11. The second-order valence-electron chi connectivity index (χ2n) is 6.05. The van der Waals surface area contributed by atoms with E-state index in [2.05, 4.69) is 42.2 Å². The monoisotopic (exact) mass is 348 g/mol. The molecule has 2 aromatic rings. The zero-order chi connectivity index (χ0) is 18.1. The quantitative estimate of drug-likeness (QED) is 0.392. The first-order valence-corrected chi connectivity index (χ1v) is 9.32. The Labute approximate surface area is 157 Å². The van der Waals surface area contributed by atoms with Gasteiger partial charge in [-0.1, -0.05) is 78.6 Å². The molecule has 0 aliphatic carbocycles. The fraction of sp³-hybridized carbons (Fsp3) is 0.333. The zero-order valence-corrected chi connectivity index (χ0v) is 15.4. The molecule has 0 bridgehead atoms. The Morgan fingerprint density at radius 3 is 1.92 bits per heavy atom. The number of ether oxygens (including phenoxy) is 2. The van der Waals surface area contributed by atoms with Gasteiger partial charge < -0.3 is 9.47 Å². The molecule has 0 saturated carbocycles. The van der Waals surface area contributed by atoms with E-state index in [4.69, 9.17) is 9.47 Å². The lowest BCUT2D eigenvalue weighted by atomic mass is 10.2. The molecule has 2 nitrogen and oxygen atoms in total. The average molecular weight is 348 g/mol. The van der Waals surface area contributed by atoms with E-state index in [1.807, 2.05) is 42.5 Å². The first kappa shape index (κ1) is 20.0. The molecule has 0 aliphatic heterocycles. The van der Waals surface area contributed by atoms with E-state index in [1.54, 1.807) is 0 Å². The lowest BCUT2D eigenvalue weighted by Crippen LogP contribution is -1.94. The van der Waals surface area contributed by atoms with Crippen molar-refractivity contribution in [3.63, 3.8) is 0 Å². The summed E-state index contributed by atoms with van der Waals surface area (Å²) in [5.74, 6) is 6.24. The van der Waals surface area contributed by atoms with E-state index in [9.17, 15) is 0 Å². The molecule has 0 fully saturated rings. The van der Waals surface area contributed by atoms with Crippen LogP contribution in [0.2, 0.25) is 0 Å². The highest BCUT2D eigenvalue weighted by molar-refractivity contribution is 5.15. The molecule has 26 heavy (non-hydrogen) atoms. The summed E-state index contributed by atoms with van der Waals surface area (Å²) in [7, 11) is 0. The summed E-state index contributed by atoms with van der Waals surface area (Å²) in [4.78, 5) is 0. The van der Waals surface area contributed by atoms with Crippen molar-refractivity contribution in [3.8, 4) is 11.8 Å². The standard InChI is InChI=1S/C24H28O2/c1(3-5-13-19-25-21-23-15-9-7-10-16-23)2-4-6-14-20-26-22-24-17-11-8-12-18-24/h1,3,7-12,15-18H,5-6,13-14,19-22H2/b3-1-. The maximum absolute atomic E-state index is 5.65. The number of benzene rings is 2. The summed E-state index contributed by atoms with van der Waals surface area (Å²) < 4.78 is 11.3. The molecule has 0 aromatic heterocycles. The maximum Gasteiger partial charge on any atom is 0.0716 e. The van der Waals surface area contributed by atoms with Gasteiger partial charge in [0.1, 0.15) is 0 Å². The molecule has 0 N–H and O–H groups in total. The van der Waals surface area contributed by atoms with Gasteiger partial charge in [-0.05, 0) is 36.5 Å². The highest BCUT2D eigenvalue weighted by atomic mass is 16.5. The van der Waals surface area contributed by atoms with Gasteiger partial charge in [-0.2, -0.15) is 0 Å². The number of unbranched alkanes of at least 4 members (excludes halogenated alkanes) is 2. The molecule has 0 unspecified atom stereocenters. The van der Waals surface area contributed by atoms with Crippen LogP contribution in [0, 0.1) is 11.8 Å². The van der Waals surface area contributed by atoms with Crippen LogP contribution in [0.5, 0.6) is 0 Å². The minimum Gasteiger partial charge on any atom is -0.377 e. The Balaban J connectivity index is 1.39. The van der Waals surface area contributed by atoms with Crippen molar-refractivity contribution in [2.75, 3.05) is 13.2 Å². The normalized spacial score (nSPS) is 10.6. The van der Waals surface area contributed by atoms with Gasteiger partial charge in [0.2, 0.25) is 0 Å². The van der Waals surface area contributed by atoms with Gasteiger partial charge in [0.05, 0.1) is 13.2 Å². The number of allylic oxidation sites excluding steroid dienone is 2. The molecular formula is C24H28O2. The maximum atomic E-state index is 5.65. The molecular weight excluding hydrogens is 320 g/mol. The van der Waals surface area contributed by atoms with Gasteiger partial charge in [0, 0.05) is 19.6 Å². The van der Waals surface area contributed by atoms with Crippen molar-refractivity contribution in [3.05, 3.63) is 83.9 Å². The Morgan fingerprint density at radius 1 is 0.731 bits per heavy atom. The Morgan fingerprint density at radius 2 is 1.31 bits per heavy atom. The molecule has 0 radical (unpaired) electrons. The van der Waals surface area contributed by atoms with E-state index in [-0.39, 0.29) is 0 Å². The highest BCUT2D eigenvalue weighted by Gasteiger charge is 1.92. The van der Waals surface area contributed by atoms with Crippen LogP contribution in [-0.2, 0) is 22.7 Å². The van der Waals surface area contributed by atoms with Gasteiger partial charge in [-0.3, -0.25) is 0 Å². The molecule has 0 spiro atoms. The summed E-state index contributed by atoms with van der Waals surface area (Å²) in [6, 6.07) is 20.5. The molecule has 0 heterocycles. The molecule has 2 aromatic carbocycles. The van der Waals surface area contributed by atoms with Crippen molar-refractivity contribution in [2.45, 2.75) is 38.9 Å². The first-order chi connectivity index (χ1) is 12.9. The van der Waals surface area contributed by atoms with Crippen molar-refractivity contribution < 1.29 is 9.47 Å². The van der Waals surface area contributed by atoms with E-state index in [0.717, 1.165) is 38.9 Å². The minimum absolute atomic E-state index is 0.681. The van der Waals surface area contributed by atoms with Gasteiger partial charge in [-0.25, -0.2) is 0 Å². The van der Waals surface area contributed by atoms with E-state index in [0.29, 0.717) is 13.2 Å². The van der Waals surface area contributed by atoms with Gasteiger partial charge >= 0.3 is 0 Å². The van der Waals surface area contributed by atoms with Crippen molar-refractivity contribution in [1.82, 2.24) is 0 Å². The fourth-order valence-electron chi connectivity index (χ4n) is 2.37. The van der Waals surface area contributed by atoms with Gasteiger partial charge in [0.15, 0.2) is 0 Å². The van der Waals surface area contributed by atoms with Crippen LogP contribution in [0.4, 0.5) is 0 Å². The Hall–Kier alpha value is -2.34. The Bertz CT molecular complexity index is 666. The lowest BCUT2D eigenvalue weighted by molar-refractivity contribution is 0.119. The minimum atomic E-state index is 0.681. The molecule has 0 amide bonds. The highest BCUT2D eigenvalue weighted by Crippen LogP contribution is 2.02. The predicted molar refractivity (Wildman–Crippen MR) is 108 cm³/mol. The van der Waals surface area contributed by atoms with Crippen LogP contribution in [0.25, 0.3) is 0 Å². The lowest BCUT2D eigenvalue weighted by Gasteiger charge is -2.02. The van der Waals surface area contributed by atoms with Crippen molar-refractivity contribution >= 4 is 0 Å². The van der Waals surface area contributed by atoms with E-state index < -0.39 is 0 Å². The Kier molecular flexibility index (Phi) is 10.7. The van der Waals surface area contributed by atoms with Crippen LogP contribution < -0.4 is 0 Å². The fourth-order valence-corrected chi connectivity index (χ4v) is 2.37. The third kappa shape index (κ3) is 9.84. The molecule has 136 valence electrons. The van der Waals surface area contributed by atoms with E-state index >= 15 is 0 Å². The van der Waals surface area contributed by atoms with Crippen molar-refractivity contribution in [2.24, 2.45) is 0 Å². The summed E-state index contributed by atoms with van der Waals surface area (Å²) in [5, 5.41) is 0.